The second-order valence-electron chi connectivity index (χ2n) is 4.22. The van der Waals surface area contributed by atoms with Crippen LogP contribution < -0.4 is 5.32 Å². The molecule has 0 saturated carbocycles. The molecule has 6 nitrogen and oxygen atoms in total. The number of carboxylic acid groups (broad SMARTS) is 1. The number of nitrogens with zero attached hydrogens (tertiary/aromatic N) is 2. The Hall–Kier alpha value is -1.69. The van der Waals surface area contributed by atoms with E-state index < -0.39 is 5.97 Å². The number of carboxylic acids is 1. The number of methoxy groups -OCH3 is 1. The molecular weight excluding hydrogens is 234 g/mol. The van der Waals surface area contributed by atoms with E-state index in [1.165, 1.54) is 6.20 Å². The van der Waals surface area contributed by atoms with Crippen molar-refractivity contribution in [2.75, 3.05) is 25.6 Å². The van der Waals surface area contributed by atoms with Gasteiger partial charge in [0.2, 0.25) is 0 Å². The Balaban J connectivity index is 2.83. The summed E-state index contributed by atoms with van der Waals surface area (Å²) in [6.07, 6.45) is 2.14. The van der Waals surface area contributed by atoms with Crippen molar-refractivity contribution in [1.29, 1.82) is 0 Å². The molecular formula is C12H19N3O3. The molecule has 0 spiro atoms. The minimum absolute atomic E-state index is 0.0943. The summed E-state index contributed by atoms with van der Waals surface area (Å²) in [4.78, 5) is 19.3. The zero-order valence-electron chi connectivity index (χ0n) is 10.9. The van der Waals surface area contributed by atoms with Crippen LogP contribution in [0.5, 0.6) is 0 Å². The van der Waals surface area contributed by atoms with Crippen molar-refractivity contribution >= 4 is 11.8 Å². The van der Waals surface area contributed by atoms with Crippen molar-refractivity contribution in [3.63, 3.8) is 0 Å². The fourth-order valence-electron chi connectivity index (χ4n) is 1.39. The fraction of sp³-hybridized carbons (Fsp3) is 0.583. The van der Waals surface area contributed by atoms with Gasteiger partial charge in [-0.2, -0.15) is 0 Å². The summed E-state index contributed by atoms with van der Waals surface area (Å²) < 4.78 is 4.93. The van der Waals surface area contributed by atoms with E-state index in [1.807, 2.05) is 13.8 Å². The third kappa shape index (κ3) is 3.96. The number of aromatic carboxylic acids is 1. The van der Waals surface area contributed by atoms with Crippen LogP contribution in [0.1, 0.15) is 42.4 Å². The molecule has 1 aromatic heterocycles. The van der Waals surface area contributed by atoms with Crippen LogP contribution in [0.4, 0.5) is 5.82 Å². The molecule has 100 valence electrons. The Morgan fingerprint density at radius 2 is 2.28 bits per heavy atom. The second-order valence-corrected chi connectivity index (χ2v) is 4.22. The highest BCUT2D eigenvalue weighted by molar-refractivity contribution is 5.92. The van der Waals surface area contributed by atoms with Gasteiger partial charge in [0.05, 0.1) is 0 Å². The number of aromatic nitrogens is 2. The van der Waals surface area contributed by atoms with E-state index >= 15 is 0 Å². The Bertz CT molecular complexity index is 408. The Morgan fingerprint density at radius 1 is 1.56 bits per heavy atom. The first-order valence-electron chi connectivity index (χ1n) is 5.89. The average Bonchev–Trinajstić information content (AvgIpc) is 2.34. The Morgan fingerprint density at radius 3 is 2.83 bits per heavy atom. The molecule has 0 amide bonds. The third-order valence-corrected chi connectivity index (χ3v) is 2.37. The molecule has 2 N–H and O–H groups in total. The van der Waals surface area contributed by atoms with E-state index in [1.54, 1.807) is 7.11 Å². The van der Waals surface area contributed by atoms with Gasteiger partial charge in [-0.25, -0.2) is 14.8 Å². The van der Waals surface area contributed by atoms with Crippen molar-refractivity contribution < 1.29 is 14.6 Å². The zero-order chi connectivity index (χ0) is 13.5. The summed E-state index contributed by atoms with van der Waals surface area (Å²) in [6.45, 7) is 5.16. The molecule has 0 saturated heterocycles. The molecule has 0 aliphatic heterocycles. The average molecular weight is 253 g/mol. The van der Waals surface area contributed by atoms with Gasteiger partial charge in [0, 0.05) is 32.4 Å². The molecule has 0 radical (unpaired) electrons. The van der Waals surface area contributed by atoms with Crippen molar-refractivity contribution in [3.05, 3.63) is 17.6 Å². The zero-order valence-corrected chi connectivity index (χ0v) is 10.9. The lowest BCUT2D eigenvalue weighted by Gasteiger charge is -2.11. The number of ether oxygens (including phenoxy) is 1. The van der Waals surface area contributed by atoms with E-state index in [4.69, 9.17) is 9.84 Å². The van der Waals surface area contributed by atoms with Gasteiger partial charge in [-0.1, -0.05) is 13.8 Å². The molecule has 6 heteroatoms. The van der Waals surface area contributed by atoms with Gasteiger partial charge in [0.25, 0.3) is 0 Å². The van der Waals surface area contributed by atoms with Crippen LogP contribution in [-0.2, 0) is 4.74 Å². The van der Waals surface area contributed by atoms with Crippen LogP contribution in [0.15, 0.2) is 6.20 Å². The van der Waals surface area contributed by atoms with Crippen molar-refractivity contribution in [2.24, 2.45) is 0 Å². The van der Waals surface area contributed by atoms with Crippen LogP contribution in [0.25, 0.3) is 0 Å². The van der Waals surface area contributed by atoms with Crippen LogP contribution >= 0.6 is 0 Å². The van der Waals surface area contributed by atoms with Gasteiger partial charge in [-0.05, 0) is 6.42 Å². The quantitative estimate of drug-likeness (QED) is 0.720. The first-order chi connectivity index (χ1) is 8.56. The molecule has 0 aromatic carbocycles. The second kappa shape index (κ2) is 6.90. The summed E-state index contributed by atoms with van der Waals surface area (Å²) in [5.74, 6) is 0.137. The predicted molar refractivity (Wildman–Crippen MR) is 68.1 cm³/mol. The van der Waals surface area contributed by atoms with Crippen LogP contribution in [0.3, 0.4) is 0 Å². The summed E-state index contributed by atoms with van der Waals surface area (Å²) >= 11 is 0. The van der Waals surface area contributed by atoms with Gasteiger partial charge in [-0.15, -0.1) is 0 Å². The largest absolute Gasteiger partial charge is 0.477 e. The lowest BCUT2D eigenvalue weighted by atomic mass is 10.2. The smallest absolute Gasteiger partial charge is 0.341 e. The highest BCUT2D eigenvalue weighted by Crippen LogP contribution is 2.16. The lowest BCUT2D eigenvalue weighted by Crippen LogP contribution is -2.13. The predicted octanol–water partition coefficient (Wildman–Crippen LogP) is 1.75. The minimum atomic E-state index is -1.03. The third-order valence-electron chi connectivity index (χ3n) is 2.37. The first kappa shape index (κ1) is 14.4. The summed E-state index contributed by atoms with van der Waals surface area (Å²) in [6, 6.07) is 0. The summed E-state index contributed by atoms with van der Waals surface area (Å²) in [5.41, 5.74) is 0.0943. The molecule has 1 aromatic rings. The van der Waals surface area contributed by atoms with Crippen LogP contribution in [-0.4, -0.2) is 41.3 Å². The normalized spacial score (nSPS) is 10.7. The Kier molecular flexibility index (Phi) is 5.51. The SMILES string of the molecule is COCCCNc1nc(C(C)C)ncc1C(=O)O. The maximum atomic E-state index is 11.0. The number of anilines is 1. The highest BCUT2D eigenvalue weighted by Gasteiger charge is 2.14. The molecule has 18 heavy (non-hydrogen) atoms. The van der Waals surface area contributed by atoms with Crippen LogP contribution in [0.2, 0.25) is 0 Å². The van der Waals surface area contributed by atoms with Gasteiger partial charge in [-0.3, -0.25) is 0 Å². The van der Waals surface area contributed by atoms with Gasteiger partial charge in [0.15, 0.2) is 0 Å². The van der Waals surface area contributed by atoms with E-state index in [0.717, 1.165) is 6.42 Å². The van der Waals surface area contributed by atoms with E-state index in [0.29, 0.717) is 24.8 Å². The standard InChI is InChI=1S/C12H19N3O3/c1-8(2)10-14-7-9(12(16)17)11(15-10)13-5-4-6-18-3/h7-8H,4-6H2,1-3H3,(H,16,17)(H,13,14,15). The summed E-state index contributed by atoms with van der Waals surface area (Å²) in [5, 5.41) is 12.1. The molecule has 0 aliphatic carbocycles. The number of carbonyl (C=O) groups is 1. The maximum Gasteiger partial charge on any atom is 0.341 e. The monoisotopic (exact) mass is 253 g/mol. The van der Waals surface area contributed by atoms with Crippen molar-refractivity contribution in [3.8, 4) is 0 Å². The topological polar surface area (TPSA) is 84.3 Å². The molecule has 1 rings (SSSR count). The van der Waals surface area contributed by atoms with E-state index in [9.17, 15) is 4.79 Å². The number of nitrogens with one attached hydrogen (secondary N) is 1. The highest BCUT2D eigenvalue weighted by atomic mass is 16.5. The van der Waals surface area contributed by atoms with Crippen LogP contribution in [0, 0.1) is 0 Å². The lowest BCUT2D eigenvalue weighted by molar-refractivity contribution is 0.0697. The number of rotatable bonds is 7. The van der Waals surface area contributed by atoms with Crippen molar-refractivity contribution in [2.45, 2.75) is 26.2 Å². The van der Waals surface area contributed by atoms with Crippen molar-refractivity contribution in [1.82, 2.24) is 9.97 Å². The van der Waals surface area contributed by atoms with E-state index in [-0.39, 0.29) is 11.5 Å². The Labute approximate surface area is 106 Å². The summed E-state index contributed by atoms with van der Waals surface area (Å²) in [7, 11) is 1.63. The first-order valence-corrected chi connectivity index (χ1v) is 5.89. The fourth-order valence-corrected chi connectivity index (χ4v) is 1.39. The molecule has 0 fully saturated rings. The molecule has 0 bridgehead atoms. The minimum Gasteiger partial charge on any atom is -0.477 e. The van der Waals surface area contributed by atoms with Gasteiger partial charge >= 0.3 is 5.97 Å². The van der Waals surface area contributed by atoms with Gasteiger partial charge in [0.1, 0.15) is 17.2 Å². The maximum absolute atomic E-state index is 11.0. The molecule has 0 aliphatic rings. The van der Waals surface area contributed by atoms with E-state index in [2.05, 4.69) is 15.3 Å². The van der Waals surface area contributed by atoms with Gasteiger partial charge < -0.3 is 15.2 Å². The molecule has 0 unspecified atom stereocenters. The molecule has 0 atom stereocenters. The number of hydrogen-bond donors (Lipinski definition) is 2. The number of hydrogen-bond acceptors (Lipinski definition) is 5. The molecule has 1 heterocycles.